The lowest BCUT2D eigenvalue weighted by molar-refractivity contribution is 0.480. The molecule has 218 valence electrons. The maximum absolute atomic E-state index is 3.94. The highest BCUT2D eigenvalue weighted by atomic mass is 79.9. The molecule has 3 aliphatic rings. The first-order chi connectivity index (χ1) is 21.0. The van der Waals surface area contributed by atoms with Crippen LogP contribution in [0.25, 0.3) is 16.7 Å². The van der Waals surface area contributed by atoms with Gasteiger partial charge in [0.05, 0.1) is 5.41 Å². The van der Waals surface area contributed by atoms with Crippen LogP contribution in [-0.4, -0.2) is 0 Å². The molecule has 1 atom stereocenters. The Bertz CT molecular complexity index is 1690. The maximum atomic E-state index is 3.94. The van der Waals surface area contributed by atoms with Crippen molar-refractivity contribution >= 4 is 37.4 Å². The van der Waals surface area contributed by atoms with Gasteiger partial charge in [-0.3, -0.25) is 0 Å². The second-order valence-corrected chi connectivity index (χ2v) is 14.9. The zero-order valence-corrected chi connectivity index (χ0v) is 28.5. The molecule has 0 saturated heterocycles. The zero-order chi connectivity index (χ0) is 29.6. The average molecular weight is 693 g/mol. The maximum Gasteiger partial charge on any atom is 0.0710 e. The highest BCUT2D eigenvalue weighted by Crippen LogP contribution is 2.61. The van der Waals surface area contributed by atoms with Crippen molar-refractivity contribution in [2.75, 3.05) is 0 Å². The van der Waals surface area contributed by atoms with E-state index in [0.717, 1.165) is 12.8 Å². The van der Waals surface area contributed by atoms with Crippen LogP contribution in [0.4, 0.5) is 0 Å². The summed E-state index contributed by atoms with van der Waals surface area (Å²) in [7, 11) is 0. The van der Waals surface area contributed by atoms with Gasteiger partial charge in [0.1, 0.15) is 0 Å². The van der Waals surface area contributed by atoms with Gasteiger partial charge in [-0.15, -0.1) is 0 Å². The SMILES string of the molecule is CCCCCCCCC1(C)c2cc(Br)ccc2-c2cc3c(cc21)C1=C(C=C(Br)CC1)C3(c1ccccc1)c1ccccc1. The van der Waals surface area contributed by atoms with Crippen LogP contribution in [0.15, 0.2) is 112 Å². The standard InChI is InChI=1S/C41H40Br2/c1-3-4-5-6-7-14-23-40(2)36-24-30(42)19-21-32(36)34-27-39-35(26-37(34)40)33-22-20-31(43)25-38(33)41(39,28-15-10-8-11-16-28)29-17-12-9-13-18-29/h8-13,15-19,21,24-27H,3-7,14,20,22-23H2,1-2H3. The number of halogens is 2. The summed E-state index contributed by atoms with van der Waals surface area (Å²) in [6.45, 7) is 4.82. The van der Waals surface area contributed by atoms with E-state index in [0.29, 0.717) is 0 Å². The van der Waals surface area contributed by atoms with Gasteiger partial charge in [-0.2, -0.15) is 0 Å². The van der Waals surface area contributed by atoms with E-state index in [-0.39, 0.29) is 10.8 Å². The normalized spacial score (nSPS) is 19.5. The molecule has 0 saturated carbocycles. The molecule has 43 heavy (non-hydrogen) atoms. The Morgan fingerprint density at radius 2 is 1.26 bits per heavy atom. The highest BCUT2D eigenvalue weighted by Gasteiger charge is 2.50. The number of allylic oxidation sites excluding steroid dienone is 4. The van der Waals surface area contributed by atoms with Gasteiger partial charge in [0.25, 0.3) is 0 Å². The molecule has 0 aliphatic heterocycles. The largest absolute Gasteiger partial charge is 0.0710 e. The van der Waals surface area contributed by atoms with E-state index < -0.39 is 0 Å². The molecule has 0 bridgehead atoms. The summed E-state index contributed by atoms with van der Waals surface area (Å²) in [5.74, 6) is 0. The minimum atomic E-state index is -0.352. The molecule has 2 heteroatoms. The first kappa shape index (κ1) is 29.1. The molecule has 0 aromatic heterocycles. The van der Waals surface area contributed by atoms with Gasteiger partial charge in [0, 0.05) is 9.89 Å². The Morgan fingerprint density at radius 3 is 1.95 bits per heavy atom. The topological polar surface area (TPSA) is 0 Å². The fourth-order valence-electron chi connectivity index (χ4n) is 8.34. The lowest BCUT2D eigenvalue weighted by Crippen LogP contribution is -2.30. The quantitative estimate of drug-likeness (QED) is 0.153. The lowest BCUT2D eigenvalue weighted by atomic mass is 9.66. The molecule has 3 aliphatic carbocycles. The molecule has 0 N–H and O–H groups in total. The third-order valence-electron chi connectivity index (χ3n) is 10.4. The van der Waals surface area contributed by atoms with Crippen molar-refractivity contribution in [2.24, 2.45) is 0 Å². The Balaban J connectivity index is 1.46. The Hall–Kier alpha value is -2.68. The van der Waals surface area contributed by atoms with Crippen LogP contribution in [-0.2, 0) is 10.8 Å². The first-order valence-electron chi connectivity index (χ1n) is 16.2. The molecule has 0 nitrogen and oxygen atoms in total. The Kier molecular flexibility index (Phi) is 7.89. The number of fused-ring (bicyclic) bond motifs is 5. The Morgan fingerprint density at radius 1 is 0.628 bits per heavy atom. The van der Waals surface area contributed by atoms with Gasteiger partial charge in [0.2, 0.25) is 0 Å². The van der Waals surface area contributed by atoms with Crippen molar-refractivity contribution in [3.63, 3.8) is 0 Å². The molecule has 4 aromatic carbocycles. The van der Waals surface area contributed by atoms with Gasteiger partial charge >= 0.3 is 0 Å². The van der Waals surface area contributed by atoms with E-state index in [1.807, 2.05) is 0 Å². The summed E-state index contributed by atoms with van der Waals surface area (Å²) in [5.41, 5.74) is 14.0. The second kappa shape index (κ2) is 11.7. The number of rotatable bonds is 9. The van der Waals surface area contributed by atoms with Gasteiger partial charge in [-0.05, 0) is 110 Å². The molecule has 0 spiro atoms. The van der Waals surface area contributed by atoms with Gasteiger partial charge in [0.15, 0.2) is 0 Å². The molecular weight excluding hydrogens is 652 g/mol. The van der Waals surface area contributed by atoms with Crippen LogP contribution in [0.3, 0.4) is 0 Å². The van der Waals surface area contributed by atoms with Crippen molar-refractivity contribution in [2.45, 2.75) is 82.5 Å². The van der Waals surface area contributed by atoms with Crippen molar-refractivity contribution in [1.82, 2.24) is 0 Å². The number of unbranched alkanes of at least 4 members (excludes halogenated alkanes) is 5. The predicted octanol–water partition coefficient (Wildman–Crippen LogP) is 12.7. The lowest BCUT2D eigenvalue weighted by Gasteiger charge is -2.36. The smallest absolute Gasteiger partial charge is 0.0654 e. The summed E-state index contributed by atoms with van der Waals surface area (Å²) in [5, 5.41) is 0. The van der Waals surface area contributed by atoms with Gasteiger partial charge < -0.3 is 0 Å². The van der Waals surface area contributed by atoms with Crippen LogP contribution >= 0.6 is 31.9 Å². The van der Waals surface area contributed by atoms with Crippen molar-refractivity contribution in [3.8, 4) is 11.1 Å². The summed E-state index contributed by atoms with van der Waals surface area (Å²) in [6.07, 6.45) is 13.7. The third-order valence-corrected chi connectivity index (χ3v) is 11.6. The van der Waals surface area contributed by atoms with Crippen LogP contribution in [0.1, 0.15) is 105 Å². The third kappa shape index (κ3) is 4.67. The fraction of sp³-hybridized carbons (Fsp3) is 0.317. The number of hydrogen-bond donors (Lipinski definition) is 0. The van der Waals surface area contributed by atoms with Crippen LogP contribution in [0.2, 0.25) is 0 Å². The van der Waals surface area contributed by atoms with Gasteiger partial charge in [-0.25, -0.2) is 0 Å². The average Bonchev–Trinajstić information content (AvgIpc) is 3.44. The summed E-state index contributed by atoms with van der Waals surface area (Å²) in [6, 6.07) is 34.7. The van der Waals surface area contributed by atoms with E-state index >= 15 is 0 Å². The molecule has 1 unspecified atom stereocenters. The molecule has 0 fully saturated rings. The molecule has 7 rings (SSSR count). The van der Waals surface area contributed by atoms with Gasteiger partial charge in [-0.1, -0.05) is 151 Å². The summed E-state index contributed by atoms with van der Waals surface area (Å²) in [4.78, 5) is 0. The minimum absolute atomic E-state index is 0.00475. The van der Waals surface area contributed by atoms with Crippen LogP contribution in [0.5, 0.6) is 0 Å². The second-order valence-electron chi connectivity index (χ2n) is 12.9. The van der Waals surface area contributed by atoms with E-state index in [2.05, 4.69) is 143 Å². The minimum Gasteiger partial charge on any atom is -0.0654 e. The predicted molar refractivity (Wildman–Crippen MR) is 190 cm³/mol. The van der Waals surface area contributed by atoms with E-state index in [1.54, 1.807) is 0 Å². The van der Waals surface area contributed by atoms with E-state index in [4.69, 9.17) is 0 Å². The first-order valence-corrected chi connectivity index (χ1v) is 17.8. The molecule has 0 amide bonds. The van der Waals surface area contributed by atoms with E-state index in [9.17, 15) is 0 Å². The molecule has 0 radical (unpaired) electrons. The van der Waals surface area contributed by atoms with Crippen molar-refractivity contribution in [3.05, 3.63) is 145 Å². The zero-order valence-electron chi connectivity index (χ0n) is 25.4. The summed E-state index contributed by atoms with van der Waals surface area (Å²) < 4.78 is 2.47. The monoisotopic (exact) mass is 690 g/mol. The van der Waals surface area contributed by atoms with Crippen molar-refractivity contribution < 1.29 is 0 Å². The van der Waals surface area contributed by atoms with Crippen LogP contribution < -0.4 is 0 Å². The van der Waals surface area contributed by atoms with Crippen molar-refractivity contribution in [1.29, 1.82) is 0 Å². The van der Waals surface area contributed by atoms with Crippen LogP contribution in [0, 0.1) is 0 Å². The fourth-order valence-corrected chi connectivity index (χ4v) is 9.13. The Labute approximate surface area is 274 Å². The molecule has 4 aromatic rings. The molecule has 0 heterocycles. The van der Waals surface area contributed by atoms with E-state index in [1.165, 1.54) is 110 Å². The summed E-state index contributed by atoms with van der Waals surface area (Å²) >= 11 is 7.78. The molecular formula is C41H40Br2. The number of benzene rings is 4. The number of hydrogen-bond acceptors (Lipinski definition) is 0. The highest BCUT2D eigenvalue weighted by molar-refractivity contribution is 9.11.